The van der Waals surface area contributed by atoms with Crippen LogP contribution in [0.25, 0.3) is 10.8 Å². The minimum absolute atomic E-state index is 0.0167. The van der Waals surface area contributed by atoms with Gasteiger partial charge in [0, 0.05) is 11.9 Å². The molecule has 0 saturated carbocycles. The Morgan fingerprint density at radius 3 is 2.68 bits per heavy atom. The molecule has 5 nitrogen and oxygen atoms in total. The van der Waals surface area contributed by atoms with Gasteiger partial charge in [0.15, 0.2) is 5.69 Å². The zero-order chi connectivity index (χ0) is 14.0. The maximum Gasteiger partial charge on any atom is 0.354 e. The van der Waals surface area contributed by atoms with Gasteiger partial charge in [-0.1, -0.05) is 24.3 Å². The summed E-state index contributed by atoms with van der Waals surface area (Å²) in [4.78, 5) is 15.1. The number of nitrogens with one attached hydrogen (secondary N) is 1. The first kappa shape index (κ1) is 13.3. The van der Waals surface area contributed by atoms with Crippen molar-refractivity contribution in [3.05, 3.63) is 36.0 Å². The van der Waals surface area contributed by atoms with Crippen molar-refractivity contribution in [2.75, 3.05) is 11.9 Å². The van der Waals surface area contributed by atoms with E-state index in [1.165, 1.54) is 6.07 Å². The van der Waals surface area contributed by atoms with Crippen molar-refractivity contribution in [3.63, 3.8) is 0 Å². The number of rotatable bonds is 4. The molecular formula is C14H16N2O3. The van der Waals surface area contributed by atoms with E-state index in [1.807, 2.05) is 24.3 Å². The Kier molecular flexibility index (Phi) is 3.40. The van der Waals surface area contributed by atoms with E-state index < -0.39 is 11.6 Å². The summed E-state index contributed by atoms with van der Waals surface area (Å²) in [5, 5.41) is 23.4. The molecule has 0 radical (unpaired) electrons. The van der Waals surface area contributed by atoms with Crippen LogP contribution in [0.4, 0.5) is 5.82 Å². The lowest BCUT2D eigenvalue weighted by Gasteiger charge is -2.19. The van der Waals surface area contributed by atoms with Crippen LogP contribution in [0.15, 0.2) is 30.3 Å². The number of hydrogen-bond acceptors (Lipinski definition) is 4. The smallest absolute Gasteiger partial charge is 0.354 e. The molecule has 19 heavy (non-hydrogen) atoms. The molecule has 5 heteroatoms. The van der Waals surface area contributed by atoms with E-state index in [0.29, 0.717) is 5.82 Å². The predicted molar refractivity (Wildman–Crippen MR) is 73.5 cm³/mol. The first-order valence-corrected chi connectivity index (χ1v) is 5.96. The Morgan fingerprint density at radius 2 is 2.05 bits per heavy atom. The van der Waals surface area contributed by atoms with Crippen LogP contribution in [-0.4, -0.2) is 33.3 Å². The molecule has 1 aromatic carbocycles. The quantitative estimate of drug-likeness (QED) is 0.784. The number of nitrogens with zero attached hydrogens (tertiary/aromatic N) is 1. The normalized spacial score (nSPS) is 11.5. The topological polar surface area (TPSA) is 82.5 Å². The second-order valence-corrected chi connectivity index (χ2v) is 5.05. The summed E-state index contributed by atoms with van der Waals surface area (Å²) in [6.07, 6.45) is 0. The van der Waals surface area contributed by atoms with Crippen molar-refractivity contribution in [2.45, 2.75) is 19.4 Å². The molecule has 0 aliphatic carbocycles. The lowest BCUT2D eigenvalue weighted by Crippen LogP contribution is -2.29. The molecule has 0 aliphatic heterocycles. The molecule has 0 unspecified atom stereocenters. The van der Waals surface area contributed by atoms with Crippen molar-refractivity contribution in [2.24, 2.45) is 0 Å². The van der Waals surface area contributed by atoms with Crippen LogP contribution in [0.2, 0.25) is 0 Å². The molecule has 2 rings (SSSR count). The van der Waals surface area contributed by atoms with Gasteiger partial charge in [0.2, 0.25) is 0 Å². The highest BCUT2D eigenvalue weighted by atomic mass is 16.4. The third kappa shape index (κ3) is 3.20. The van der Waals surface area contributed by atoms with Crippen LogP contribution in [0.1, 0.15) is 24.3 Å². The number of aromatic carboxylic acids is 1. The second-order valence-electron chi connectivity index (χ2n) is 5.05. The number of fused-ring (bicyclic) bond motifs is 1. The zero-order valence-corrected chi connectivity index (χ0v) is 10.8. The maximum absolute atomic E-state index is 11.1. The maximum atomic E-state index is 11.1. The average Bonchev–Trinajstić information content (AvgIpc) is 2.34. The third-order valence-corrected chi connectivity index (χ3v) is 2.65. The van der Waals surface area contributed by atoms with Gasteiger partial charge in [0.25, 0.3) is 0 Å². The molecule has 0 atom stereocenters. The summed E-state index contributed by atoms with van der Waals surface area (Å²) in [6.45, 7) is 3.62. The summed E-state index contributed by atoms with van der Waals surface area (Å²) in [5.41, 5.74) is -0.917. The van der Waals surface area contributed by atoms with Gasteiger partial charge in [0.1, 0.15) is 5.82 Å². The van der Waals surface area contributed by atoms with E-state index in [9.17, 15) is 9.90 Å². The fraction of sp³-hybridized carbons (Fsp3) is 0.286. The van der Waals surface area contributed by atoms with Crippen LogP contribution >= 0.6 is 0 Å². The fourth-order valence-corrected chi connectivity index (χ4v) is 1.74. The largest absolute Gasteiger partial charge is 0.477 e. The number of benzene rings is 1. The Bertz CT molecular complexity index is 618. The van der Waals surface area contributed by atoms with E-state index in [2.05, 4.69) is 10.3 Å². The van der Waals surface area contributed by atoms with Gasteiger partial charge in [-0.25, -0.2) is 9.78 Å². The van der Waals surface area contributed by atoms with Crippen molar-refractivity contribution < 1.29 is 15.0 Å². The summed E-state index contributed by atoms with van der Waals surface area (Å²) >= 11 is 0. The molecule has 0 saturated heterocycles. The summed E-state index contributed by atoms with van der Waals surface area (Å²) in [6, 6.07) is 8.93. The monoisotopic (exact) mass is 260 g/mol. The number of hydrogen-bond donors (Lipinski definition) is 3. The van der Waals surface area contributed by atoms with E-state index in [4.69, 9.17) is 5.11 Å². The van der Waals surface area contributed by atoms with Gasteiger partial charge in [-0.3, -0.25) is 0 Å². The van der Waals surface area contributed by atoms with Gasteiger partial charge in [-0.2, -0.15) is 0 Å². The molecule has 0 fully saturated rings. The average molecular weight is 260 g/mol. The van der Waals surface area contributed by atoms with E-state index in [-0.39, 0.29) is 12.2 Å². The van der Waals surface area contributed by atoms with E-state index in [1.54, 1.807) is 13.8 Å². The molecule has 0 spiro atoms. The SMILES string of the molecule is CC(C)(O)CNc1nc(C(=O)O)cc2ccccc12. The number of carboxylic acids is 1. The van der Waals surface area contributed by atoms with Crippen LogP contribution in [0.5, 0.6) is 0 Å². The predicted octanol–water partition coefficient (Wildman–Crippen LogP) is 2.12. The van der Waals surface area contributed by atoms with Crippen molar-refractivity contribution >= 4 is 22.6 Å². The van der Waals surface area contributed by atoms with Crippen LogP contribution < -0.4 is 5.32 Å². The van der Waals surface area contributed by atoms with Gasteiger partial charge in [0.05, 0.1) is 5.60 Å². The third-order valence-electron chi connectivity index (χ3n) is 2.65. The Labute approximate surface area is 110 Å². The molecule has 0 aliphatic rings. The Morgan fingerprint density at radius 1 is 1.37 bits per heavy atom. The first-order valence-electron chi connectivity index (χ1n) is 5.96. The second kappa shape index (κ2) is 4.85. The van der Waals surface area contributed by atoms with E-state index >= 15 is 0 Å². The van der Waals surface area contributed by atoms with Gasteiger partial charge in [-0.05, 0) is 25.3 Å². The van der Waals surface area contributed by atoms with E-state index in [0.717, 1.165) is 10.8 Å². The minimum Gasteiger partial charge on any atom is -0.477 e. The van der Waals surface area contributed by atoms with Gasteiger partial charge >= 0.3 is 5.97 Å². The van der Waals surface area contributed by atoms with Crippen LogP contribution in [0.3, 0.4) is 0 Å². The lowest BCUT2D eigenvalue weighted by molar-refractivity contribution is 0.0691. The molecule has 0 amide bonds. The number of carbonyl (C=O) groups is 1. The molecule has 1 aromatic heterocycles. The van der Waals surface area contributed by atoms with Crippen molar-refractivity contribution in [1.29, 1.82) is 0 Å². The standard InChI is InChI=1S/C14H16N2O3/c1-14(2,19)8-15-12-10-6-4-3-5-9(10)7-11(16-12)13(17)18/h3-7,19H,8H2,1-2H3,(H,15,16)(H,17,18). The number of pyridine rings is 1. The number of aromatic nitrogens is 1. The van der Waals surface area contributed by atoms with Gasteiger partial charge < -0.3 is 15.5 Å². The summed E-state index contributed by atoms with van der Waals surface area (Å²) in [5.74, 6) is -0.602. The summed E-state index contributed by atoms with van der Waals surface area (Å²) in [7, 11) is 0. The fourth-order valence-electron chi connectivity index (χ4n) is 1.74. The zero-order valence-electron chi connectivity index (χ0n) is 10.8. The van der Waals surface area contributed by atoms with Crippen molar-refractivity contribution in [3.8, 4) is 0 Å². The molecule has 0 bridgehead atoms. The Hall–Kier alpha value is -2.14. The van der Waals surface area contributed by atoms with Crippen molar-refractivity contribution in [1.82, 2.24) is 4.98 Å². The molecular weight excluding hydrogens is 244 g/mol. The summed E-state index contributed by atoms with van der Waals surface area (Å²) < 4.78 is 0. The highest BCUT2D eigenvalue weighted by Crippen LogP contribution is 2.23. The Balaban J connectivity index is 2.47. The molecule has 100 valence electrons. The minimum atomic E-state index is -1.07. The molecule has 2 aromatic rings. The number of carboxylic acid groups (broad SMARTS) is 1. The van der Waals surface area contributed by atoms with Crippen LogP contribution in [0, 0.1) is 0 Å². The first-order chi connectivity index (χ1) is 8.87. The highest BCUT2D eigenvalue weighted by Gasteiger charge is 2.15. The number of aliphatic hydroxyl groups is 1. The number of anilines is 1. The van der Waals surface area contributed by atoms with Crippen LogP contribution in [-0.2, 0) is 0 Å². The highest BCUT2D eigenvalue weighted by molar-refractivity contribution is 5.97. The lowest BCUT2D eigenvalue weighted by atomic mass is 10.1. The molecule has 1 heterocycles. The molecule has 3 N–H and O–H groups in total. The van der Waals surface area contributed by atoms with Gasteiger partial charge in [-0.15, -0.1) is 0 Å².